The lowest BCUT2D eigenvalue weighted by Gasteiger charge is -2.32. The van der Waals surface area contributed by atoms with Crippen LogP contribution in [0.3, 0.4) is 0 Å². The van der Waals surface area contributed by atoms with Gasteiger partial charge in [0.05, 0.1) is 12.1 Å². The average Bonchev–Trinajstić information content (AvgIpc) is 2.33. The molecule has 3 N–H and O–H groups in total. The molecule has 1 fully saturated rings. The van der Waals surface area contributed by atoms with Crippen LogP contribution in [0.2, 0.25) is 0 Å². The summed E-state index contributed by atoms with van der Waals surface area (Å²) in [5.74, 6) is 6.40. The Kier molecular flexibility index (Phi) is 4.81. The zero-order valence-electron chi connectivity index (χ0n) is 12.2. The van der Waals surface area contributed by atoms with Crippen LogP contribution in [-0.4, -0.2) is 18.5 Å². The SMILES string of the molecule is Cc1ccc(C(=O)NC(C)C2CCC2)c(C#CCN)c1. The Balaban J connectivity index is 2.15. The van der Waals surface area contributed by atoms with Gasteiger partial charge in [0.1, 0.15) is 0 Å². The summed E-state index contributed by atoms with van der Waals surface area (Å²) in [6.45, 7) is 4.38. The van der Waals surface area contributed by atoms with Gasteiger partial charge in [-0.15, -0.1) is 0 Å². The summed E-state index contributed by atoms with van der Waals surface area (Å²) in [5.41, 5.74) is 7.90. The minimum absolute atomic E-state index is 0.0364. The van der Waals surface area contributed by atoms with Crippen LogP contribution >= 0.6 is 0 Å². The van der Waals surface area contributed by atoms with Gasteiger partial charge in [-0.2, -0.15) is 0 Å². The highest BCUT2D eigenvalue weighted by molar-refractivity contribution is 5.97. The first-order valence-electron chi connectivity index (χ1n) is 7.22. The number of amides is 1. The molecule has 1 amide bonds. The number of hydrogen-bond acceptors (Lipinski definition) is 2. The van der Waals surface area contributed by atoms with Crippen molar-refractivity contribution in [3.63, 3.8) is 0 Å². The van der Waals surface area contributed by atoms with Crippen LogP contribution in [0.25, 0.3) is 0 Å². The van der Waals surface area contributed by atoms with E-state index in [1.165, 1.54) is 19.3 Å². The first-order chi connectivity index (χ1) is 9.61. The van der Waals surface area contributed by atoms with Crippen LogP contribution in [-0.2, 0) is 0 Å². The molecule has 0 heterocycles. The van der Waals surface area contributed by atoms with Gasteiger partial charge in [0.15, 0.2) is 0 Å². The van der Waals surface area contributed by atoms with Gasteiger partial charge in [-0.1, -0.05) is 24.3 Å². The molecular formula is C17H22N2O. The summed E-state index contributed by atoms with van der Waals surface area (Å²) < 4.78 is 0. The van der Waals surface area contributed by atoms with Crippen LogP contribution < -0.4 is 11.1 Å². The molecule has 0 aliphatic heterocycles. The molecule has 0 radical (unpaired) electrons. The normalized spacial score (nSPS) is 15.8. The largest absolute Gasteiger partial charge is 0.349 e. The molecule has 3 heteroatoms. The molecule has 0 aromatic heterocycles. The van der Waals surface area contributed by atoms with Crippen LogP contribution in [0.5, 0.6) is 0 Å². The van der Waals surface area contributed by atoms with Crippen LogP contribution in [0.1, 0.15) is 47.7 Å². The van der Waals surface area contributed by atoms with Gasteiger partial charge < -0.3 is 11.1 Å². The van der Waals surface area contributed by atoms with Crippen molar-refractivity contribution >= 4 is 5.91 Å². The van der Waals surface area contributed by atoms with E-state index in [4.69, 9.17) is 5.73 Å². The molecule has 1 aliphatic carbocycles. The highest BCUT2D eigenvalue weighted by Crippen LogP contribution is 2.29. The maximum absolute atomic E-state index is 12.4. The third-order valence-electron chi connectivity index (χ3n) is 3.96. The molecule has 1 aromatic rings. The van der Waals surface area contributed by atoms with Crippen molar-refractivity contribution in [3.8, 4) is 11.8 Å². The van der Waals surface area contributed by atoms with Crippen LogP contribution in [0.4, 0.5) is 0 Å². The number of nitrogens with two attached hydrogens (primary N) is 1. The summed E-state index contributed by atoms with van der Waals surface area (Å²) in [7, 11) is 0. The number of carbonyl (C=O) groups excluding carboxylic acids is 1. The molecule has 106 valence electrons. The van der Waals surface area contributed by atoms with E-state index in [1.54, 1.807) is 0 Å². The number of nitrogens with one attached hydrogen (secondary N) is 1. The molecular weight excluding hydrogens is 248 g/mol. The summed E-state index contributed by atoms with van der Waals surface area (Å²) in [6.07, 6.45) is 3.72. The van der Waals surface area contributed by atoms with E-state index in [0.717, 1.165) is 11.1 Å². The van der Waals surface area contributed by atoms with Gasteiger partial charge in [-0.05, 0) is 50.3 Å². The fraction of sp³-hybridized carbons (Fsp3) is 0.471. The first-order valence-corrected chi connectivity index (χ1v) is 7.22. The highest BCUT2D eigenvalue weighted by Gasteiger charge is 2.25. The lowest BCUT2D eigenvalue weighted by molar-refractivity contribution is 0.0909. The lowest BCUT2D eigenvalue weighted by Crippen LogP contribution is -2.40. The molecule has 1 unspecified atom stereocenters. The Morgan fingerprint density at radius 3 is 2.85 bits per heavy atom. The number of aryl methyl sites for hydroxylation is 1. The Morgan fingerprint density at radius 1 is 1.50 bits per heavy atom. The molecule has 0 bridgehead atoms. The third kappa shape index (κ3) is 3.40. The van der Waals surface area contributed by atoms with Crippen molar-refractivity contribution in [3.05, 3.63) is 34.9 Å². The first kappa shape index (κ1) is 14.6. The number of benzene rings is 1. The van der Waals surface area contributed by atoms with E-state index in [1.807, 2.05) is 25.1 Å². The molecule has 0 saturated heterocycles. The summed E-state index contributed by atoms with van der Waals surface area (Å²) in [4.78, 5) is 12.4. The van der Waals surface area contributed by atoms with Crippen molar-refractivity contribution in [2.75, 3.05) is 6.54 Å². The Bertz CT molecular complexity index is 550. The van der Waals surface area contributed by atoms with E-state index in [0.29, 0.717) is 18.0 Å². The van der Waals surface area contributed by atoms with E-state index in [-0.39, 0.29) is 11.9 Å². The van der Waals surface area contributed by atoms with E-state index in [9.17, 15) is 4.79 Å². The van der Waals surface area contributed by atoms with Crippen molar-refractivity contribution in [2.24, 2.45) is 11.7 Å². The monoisotopic (exact) mass is 270 g/mol. The van der Waals surface area contributed by atoms with Gasteiger partial charge in [0.2, 0.25) is 0 Å². The van der Waals surface area contributed by atoms with Crippen molar-refractivity contribution in [1.29, 1.82) is 0 Å². The standard InChI is InChI=1S/C17H22N2O/c1-12-8-9-16(15(11-12)7-4-10-18)17(20)19-13(2)14-5-3-6-14/h8-9,11,13-14H,3,5-6,10,18H2,1-2H3,(H,19,20). The number of rotatable bonds is 3. The molecule has 1 saturated carbocycles. The van der Waals surface area contributed by atoms with Gasteiger partial charge in [0.25, 0.3) is 5.91 Å². The van der Waals surface area contributed by atoms with Gasteiger partial charge in [0, 0.05) is 11.6 Å². The predicted octanol–water partition coefficient (Wildman–Crippen LogP) is 2.22. The van der Waals surface area contributed by atoms with Gasteiger partial charge in [-0.3, -0.25) is 4.79 Å². The zero-order chi connectivity index (χ0) is 14.5. The summed E-state index contributed by atoms with van der Waals surface area (Å²) in [5, 5.41) is 3.10. The van der Waals surface area contributed by atoms with Gasteiger partial charge >= 0.3 is 0 Å². The number of carbonyl (C=O) groups is 1. The molecule has 0 spiro atoms. The van der Waals surface area contributed by atoms with Crippen molar-refractivity contribution < 1.29 is 4.79 Å². The zero-order valence-corrected chi connectivity index (χ0v) is 12.2. The van der Waals surface area contributed by atoms with Crippen LogP contribution in [0.15, 0.2) is 18.2 Å². The molecule has 1 aromatic carbocycles. The second-order valence-corrected chi connectivity index (χ2v) is 5.51. The summed E-state index contributed by atoms with van der Waals surface area (Å²) in [6, 6.07) is 5.95. The number of hydrogen-bond donors (Lipinski definition) is 2. The van der Waals surface area contributed by atoms with Crippen molar-refractivity contribution in [1.82, 2.24) is 5.32 Å². The quantitative estimate of drug-likeness (QED) is 0.828. The molecule has 1 atom stereocenters. The van der Waals surface area contributed by atoms with Gasteiger partial charge in [-0.25, -0.2) is 0 Å². The van der Waals surface area contributed by atoms with Crippen LogP contribution in [0, 0.1) is 24.7 Å². The maximum Gasteiger partial charge on any atom is 0.252 e. The Hall–Kier alpha value is -1.79. The summed E-state index contributed by atoms with van der Waals surface area (Å²) >= 11 is 0. The Labute approximate surface area is 120 Å². The maximum atomic E-state index is 12.4. The minimum atomic E-state index is -0.0364. The topological polar surface area (TPSA) is 55.1 Å². The molecule has 2 rings (SSSR count). The average molecular weight is 270 g/mol. The Morgan fingerprint density at radius 2 is 2.25 bits per heavy atom. The fourth-order valence-corrected chi connectivity index (χ4v) is 2.45. The molecule has 20 heavy (non-hydrogen) atoms. The second kappa shape index (κ2) is 6.58. The van der Waals surface area contributed by atoms with E-state index < -0.39 is 0 Å². The second-order valence-electron chi connectivity index (χ2n) is 5.51. The smallest absolute Gasteiger partial charge is 0.252 e. The fourth-order valence-electron chi connectivity index (χ4n) is 2.45. The highest BCUT2D eigenvalue weighted by atomic mass is 16.1. The van der Waals surface area contributed by atoms with E-state index in [2.05, 4.69) is 24.1 Å². The predicted molar refractivity (Wildman–Crippen MR) is 81.4 cm³/mol. The molecule has 3 nitrogen and oxygen atoms in total. The molecule has 1 aliphatic rings. The lowest BCUT2D eigenvalue weighted by atomic mass is 9.80. The minimum Gasteiger partial charge on any atom is -0.349 e. The van der Waals surface area contributed by atoms with E-state index >= 15 is 0 Å². The van der Waals surface area contributed by atoms with Crippen molar-refractivity contribution in [2.45, 2.75) is 39.2 Å². The third-order valence-corrected chi connectivity index (χ3v) is 3.96.